The lowest BCUT2D eigenvalue weighted by atomic mass is 10.1. The molecule has 2 amide bonds. The van der Waals surface area contributed by atoms with Crippen LogP contribution in [0.25, 0.3) is 0 Å². The lowest BCUT2D eigenvalue weighted by Gasteiger charge is -2.31. The van der Waals surface area contributed by atoms with E-state index in [0.29, 0.717) is 27.9 Å². The molecule has 0 saturated carbocycles. The van der Waals surface area contributed by atoms with Crippen LogP contribution in [0.3, 0.4) is 0 Å². The SMILES string of the molecule is CCCNC(=O)C(C)N(Cc1ccc(Cl)c(Cl)c1)C(=O)CN(c1cc([N+](=O)[O-])ccc1OC)S(C)(=O)=O. The average molecular weight is 575 g/mol. The summed E-state index contributed by atoms with van der Waals surface area (Å²) in [5.41, 5.74) is -0.0290. The molecule has 2 aromatic rings. The number of carbonyl (C=O) groups excluding carboxylic acids is 2. The Morgan fingerprint density at radius 1 is 1.16 bits per heavy atom. The highest BCUT2D eigenvalue weighted by Gasteiger charge is 2.32. The smallest absolute Gasteiger partial charge is 0.271 e. The number of nitrogens with zero attached hydrogens (tertiary/aromatic N) is 3. The lowest BCUT2D eigenvalue weighted by molar-refractivity contribution is -0.384. The Morgan fingerprint density at radius 3 is 2.38 bits per heavy atom. The second kappa shape index (κ2) is 12.9. The summed E-state index contributed by atoms with van der Waals surface area (Å²) in [4.78, 5) is 38.2. The third-order valence-electron chi connectivity index (χ3n) is 5.37. The van der Waals surface area contributed by atoms with Gasteiger partial charge in [-0.05, 0) is 37.1 Å². The molecule has 0 bridgehead atoms. The number of nitro benzene ring substituents is 1. The number of rotatable bonds is 12. The number of non-ortho nitro benzene ring substituents is 1. The van der Waals surface area contributed by atoms with E-state index in [0.717, 1.165) is 18.4 Å². The number of hydrogen-bond donors (Lipinski definition) is 1. The fourth-order valence-corrected chi connectivity index (χ4v) is 4.56. The number of carbonyl (C=O) groups is 2. The maximum atomic E-state index is 13.6. The van der Waals surface area contributed by atoms with E-state index in [9.17, 15) is 28.1 Å². The maximum absolute atomic E-state index is 13.6. The molecule has 2 rings (SSSR count). The number of ether oxygens (including phenoxy) is 1. The van der Waals surface area contributed by atoms with Gasteiger partial charge in [-0.25, -0.2) is 8.42 Å². The molecular weight excluding hydrogens is 547 g/mol. The van der Waals surface area contributed by atoms with Crippen molar-refractivity contribution in [1.29, 1.82) is 0 Å². The number of sulfonamides is 1. The van der Waals surface area contributed by atoms with Crippen LogP contribution < -0.4 is 14.4 Å². The van der Waals surface area contributed by atoms with E-state index in [-0.39, 0.29) is 23.0 Å². The lowest BCUT2D eigenvalue weighted by Crippen LogP contribution is -2.51. The quantitative estimate of drug-likeness (QED) is 0.301. The Morgan fingerprint density at radius 2 is 1.84 bits per heavy atom. The van der Waals surface area contributed by atoms with Crippen molar-refractivity contribution in [3.05, 3.63) is 62.1 Å². The Hall–Kier alpha value is -3.09. The third-order valence-corrected chi connectivity index (χ3v) is 7.24. The van der Waals surface area contributed by atoms with Crippen LogP contribution in [0.2, 0.25) is 10.0 Å². The van der Waals surface area contributed by atoms with Crippen molar-refractivity contribution in [2.75, 3.05) is 30.8 Å². The zero-order valence-electron chi connectivity index (χ0n) is 20.7. The predicted molar refractivity (Wildman–Crippen MR) is 142 cm³/mol. The molecule has 2 aromatic carbocycles. The number of benzene rings is 2. The molecule has 202 valence electrons. The summed E-state index contributed by atoms with van der Waals surface area (Å²) in [6.07, 6.45) is 1.53. The van der Waals surface area contributed by atoms with Crippen LogP contribution in [0.1, 0.15) is 25.8 Å². The molecule has 11 nitrogen and oxygen atoms in total. The number of anilines is 1. The number of amides is 2. The summed E-state index contributed by atoms with van der Waals surface area (Å²) in [5.74, 6) is -1.16. The third kappa shape index (κ3) is 7.94. The monoisotopic (exact) mass is 574 g/mol. The molecule has 1 atom stereocenters. The van der Waals surface area contributed by atoms with E-state index in [1.165, 1.54) is 25.0 Å². The molecular formula is C23H28Cl2N4O7S. The van der Waals surface area contributed by atoms with Gasteiger partial charge in [-0.15, -0.1) is 0 Å². The molecule has 0 saturated heterocycles. The van der Waals surface area contributed by atoms with Gasteiger partial charge in [-0.1, -0.05) is 36.2 Å². The fourth-order valence-electron chi connectivity index (χ4n) is 3.39. The topological polar surface area (TPSA) is 139 Å². The number of halogens is 2. The van der Waals surface area contributed by atoms with Crippen LogP contribution in [0.5, 0.6) is 5.75 Å². The van der Waals surface area contributed by atoms with Gasteiger partial charge >= 0.3 is 0 Å². The molecule has 0 aliphatic heterocycles. The summed E-state index contributed by atoms with van der Waals surface area (Å²) < 4.78 is 31.4. The second-order valence-electron chi connectivity index (χ2n) is 8.12. The van der Waals surface area contributed by atoms with E-state index in [1.54, 1.807) is 18.2 Å². The van der Waals surface area contributed by atoms with Gasteiger partial charge in [0.25, 0.3) is 5.69 Å². The van der Waals surface area contributed by atoms with Gasteiger partial charge in [0, 0.05) is 25.2 Å². The van der Waals surface area contributed by atoms with Crippen LogP contribution in [0, 0.1) is 10.1 Å². The van der Waals surface area contributed by atoms with E-state index in [1.807, 2.05) is 6.92 Å². The number of nitro groups is 1. The van der Waals surface area contributed by atoms with E-state index in [4.69, 9.17) is 27.9 Å². The van der Waals surface area contributed by atoms with Crippen LogP contribution in [-0.4, -0.2) is 62.6 Å². The molecule has 37 heavy (non-hydrogen) atoms. The van der Waals surface area contributed by atoms with Crippen molar-refractivity contribution >= 4 is 56.4 Å². The van der Waals surface area contributed by atoms with Crippen LogP contribution in [0.4, 0.5) is 11.4 Å². The van der Waals surface area contributed by atoms with Crippen molar-refractivity contribution in [2.24, 2.45) is 0 Å². The van der Waals surface area contributed by atoms with Gasteiger partial charge < -0.3 is 15.0 Å². The van der Waals surface area contributed by atoms with Crippen LogP contribution in [-0.2, 0) is 26.2 Å². The largest absolute Gasteiger partial charge is 0.495 e. The minimum atomic E-state index is -4.12. The zero-order valence-corrected chi connectivity index (χ0v) is 23.1. The predicted octanol–water partition coefficient (Wildman–Crippen LogP) is 3.62. The summed E-state index contributed by atoms with van der Waals surface area (Å²) >= 11 is 12.1. The van der Waals surface area contributed by atoms with Gasteiger partial charge in [-0.2, -0.15) is 0 Å². The molecule has 0 radical (unpaired) electrons. The maximum Gasteiger partial charge on any atom is 0.271 e. The Labute approximate surface area is 225 Å². The van der Waals surface area contributed by atoms with Crippen molar-refractivity contribution < 1.29 is 27.7 Å². The molecule has 1 N–H and O–H groups in total. The highest BCUT2D eigenvalue weighted by atomic mass is 35.5. The van der Waals surface area contributed by atoms with E-state index in [2.05, 4.69) is 5.32 Å². The highest BCUT2D eigenvalue weighted by molar-refractivity contribution is 7.92. The van der Waals surface area contributed by atoms with Crippen LogP contribution >= 0.6 is 23.2 Å². The molecule has 1 unspecified atom stereocenters. The molecule has 0 aliphatic carbocycles. The molecule has 0 aliphatic rings. The molecule has 0 aromatic heterocycles. The summed E-state index contributed by atoms with van der Waals surface area (Å²) in [6, 6.07) is 7.13. The molecule has 0 spiro atoms. The van der Waals surface area contributed by atoms with Gasteiger partial charge in [0.1, 0.15) is 24.0 Å². The number of hydrogen-bond acceptors (Lipinski definition) is 7. The first-order valence-corrected chi connectivity index (χ1v) is 13.7. The Bertz CT molecular complexity index is 1270. The average Bonchev–Trinajstić information content (AvgIpc) is 2.84. The van der Waals surface area contributed by atoms with E-state index < -0.39 is 45.0 Å². The van der Waals surface area contributed by atoms with Crippen LogP contribution in [0.15, 0.2) is 36.4 Å². The van der Waals surface area contributed by atoms with Crippen molar-refractivity contribution in [3.8, 4) is 5.75 Å². The first kappa shape index (κ1) is 30.1. The Kier molecular flexibility index (Phi) is 10.5. The van der Waals surface area contributed by atoms with Crippen molar-refractivity contribution in [1.82, 2.24) is 10.2 Å². The van der Waals surface area contributed by atoms with Crippen molar-refractivity contribution in [2.45, 2.75) is 32.9 Å². The number of nitrogens with one attached hydrogen (secondary N) is 1. The second-order valence-corrected chi connectivity index (χ2v) is 10.8. The van der Waals surface area contributed by atoms with Gasteiger partial charge in [0.2, 0.25) is 21.8 Å². The standard InChI is InChI=1S/C23H28Cl2N4O7S/c1-5-10-26-23(31)15(2)27(13-16-6-8-18(24)19(25)11-16)22(30)14-28(37(4,34)35)20-12-17(29(32)33)7-9-21(20)36-3/h6-9,11-12,15H,5,10,13-14H2,1-4H3,(H,26,31). The first-order valence-electron chi connectivity index (χ1n) is 11.1. The van der Waals surface area contributed by atoms with E-state index >= 15 is 0 Å². The normalized spacial score (nSPS) is 11.9. The number of methoxy groups -OCH3 is 1. The summed E-state index contributed by atoms with van der Waals surface area (Å²) in [7, 11) is -2.86. The first-order chi connectivity index (χ1) is 17.3. The minimum Gasteiger partial charge on any atom is -0.495 e. The highest BCUT2D eigenvalue weighted by Crippen LogP contribution is 2.34. The van der Waals surface area contributed by atoms with Crippen molar-refractivity contribution in [3.63, 3.8) is 0 Å². The molecule has 0 heterocycles. The molecule has 0 fully saturated rings. The molecule has 14 heteroatoms. The summed E-state index contributed by atoms with van der Waals surface area (Å²) in [5, 5.41) is 14.6. The minimum absolute atomic E-state index is 0.00796. The fraction of sp³-hybridized carbons (Fsp3) is 0.391. The van der Waals surface area contributed by atoms with Gasteiger partial charge in [0.05, 0.1) is 28.3 Å². The van der Waals surface area contributed by atoms with Gasteiger partial charge in [-0.3, -0.25) is 24.0 Å². The van der Waals surface area contributed by atoms with Gasteiger partial charge in [0.15, 0.2) is 0 Å². The summed E-state index contributed by atoms with van der Waals surface area (Å²) in [6.45, 7) is 2.95. The zero-order chi connectivity index (χ0) is 27.9. The Balaban J connectivity index is 2.52.